The molecule has 0 saturated carbocycles. The van der Waals surface area contributed by atoms with E-state index in [9.17, 15) is 13.2 Å². The molecule has 0 atom stereocenters. The molecule has 8 heteroatoms. The fourth-order valence-corrected chi connectivity index (χ4v) is 2.23. The third kappa shape index (κ3) is 3.65. The van der Waals surface area contributed by atoms with Gasteiger partial charge in [-0.15, -0.1) is 0 Å². The van der Waals surface area contributed by atoms with Gasteiger partial charge in [0.1, 0.15) is 15.4 Å². The topological polar surface area (TPSA) is 85.5 Å². The van der Waals surface area contributed by atoms with Gasteiger partial charge in [-0.05, 0) is 6.07 Å². The molecule has 2 aromatic heterocycles. The third-order valence-electron chi connectivity index (χ3n) is 2.72. The second-order valence-corrected chi connectivity index (χ2v) is 6.60. The third-order valence-corrected chi connectivity index (χ3v) is 3.66. The lowest BCUT2D eigenvalue weighted by Crippen LogP contribution is -2.30. The summed E-state index contributed by atoms with van der Waals surface area (Å²) in [5, 5.41) is 6.98. The van der Waals surface area contributed by atoms with Crippen LogP contribution in [0.1, 0.15) is 0 Å². The van der Waals surface area contributed by atoms with E-state index in [4.69, 9.17) is 0 Å². The Balaban J connectivity index is 1.91. The Kier molecular flexibility index (Phi) is 4.01. The number of hydrogen-bond acceptors (Lipinski definition) is 5. The summed E-state index contributed by atoms with van der Waals surface area (Å²) in [5.41, 5.74) is 0.420. The zero-order valence-corrected chi connectivity index (χ0v) is 11.4. The van der Waals surface area contributed by atoms with Crippen molar-refractivity contribution in [2.75, 3.05) is 25.1 Å². The molecule has 1 N–H and O–H groups in total. The molecular formula is C11H16N4O3S. The smallest absolute Gasteiger partial charge is 0.276 e. The average molecular weight is 284 g/mol. The van der Waals surface area contributed by atoms with Crippen molar-refractivity contribution in [3.05, 3.63) is 35.0 Å². The summed E-state index contributed by atoms with van der Waals surface area (Å²) in [4.78, 5) is 12.0. The summed E-state index contributed by atoms with van der Waals surface area (Å²) in [6.45, 7) is 1.42. The van der Waals surface area contributed by atoms with Crippen molar-refractivity contribution in [1.82, 2.24) is 19.5 Å². The molecule has 2 aromatic rings. The highest BCUT2D eigenvalue weighted by Gasteiger charge is 2.03. The van der Waals surface area contributed by atoms with E-state index in [1.807, 2.05) is 0 Å². The van der Waals surface area contributed by atoms with Crippen LogP contribution in [0.5, 0.6) is 0 Å². The molecule has 2 rings (SSSR count). The second kappa shape index (κ2) is 5.54. The van der Waals surface area contributed by atoms with Crippen molar-refractivity contribution in [2.45, 2.75) is 6.54 Å². The van der Waals surface area contributed by atoms with Crippen molar-refractivity contribution in [2.24, 2.45) is 0 Å². The zero-order chi connectivity index (χ0) is 13.9. The Bertz CT molecular complexity index is 717. The highest BCUT2D eigenvalue weighted by Crippen LogP contribution is 1.93. The van der Waals surface area contributed by atoms with E-state index in [-0.39, 0.29) is 11.3 Å². The lowest BCUT2D eigenvalue weighted by Gasteiger charge is -2.07. The molecule has 0 aliphatic carbocycles. The highest BCUT2D eigenvalue weighted by atomic mass is 32.2. The largest absolute Gasteiger partial charge is 0.314 e. The van der Waals surface area contributed by atoms with Crippen LogP contribution in [0.3, 0.4) is 0 Å². The minimum atomic E-state index is -2.94. The Morgan fingerprint density at radius 2 is 2.11 bits per heavy atom. The van der Waals surface area contributed by atoms with E-state index >= 15 is 0 Å². The van der Waals surface area contributed by atoms with Gasteiger partial charge < -0.3 is 9.88 Å². The highest BCUT2D eigenvalue weighted by molar-refractivity contribution is 7.90. The van der Waals surface area contributed by atoms with Crippen LogP contribution in [-0.2, 0) is 16.4 Å². The van der Waals surface area contributed by atoms with Gasteiger partial charge in [0.05, 0.1) is 11.9 Å². The molecule has 0 fully saturated rings. The molecule has 104 valence electrons. The fraction of sp³-hybridized carbons (Fsp3) is 0.455. The standard InChI is InChI=1S/C11H16N4O3S/c1-19(17,18)9-5-12-4-6-14-7-8-15-10(11(14)16)2-3-13-15/h2-3,7-8,12H,4-6,9H2,1H3. The first kappa shape index (κ1) is 13.8. The number of fused-ring (bicyclic) bond motifs is 1. The Hall–Kier alpha value is -1.67. The SMILES string of the molecule is CS(=O)(=O)CCNCCn1ccn2nccc2c1=O. The fourth-order valence-electron chi connectivity index (χ4n) is 1.72. The summed E-state index contributed by atoms with van der Waals surface area (Å²) in [5.74, 6) is 0.101. The number of hydrogen-bond donors (Lipinski definition) is 1. The van der Waals surface area contributed by atoms with Gasteiger partial charge in [0.2, 0.25) is 0 Å². The van der Waals surface area contributed by atoms with Gasteiger partial charge in [-0.3, -0.25) is 4.79 Å². The number of nitrogens with one attached hydrogen (secondary N) is 1. The van der Waals surface area contributed by atoms with E-state index in [0.717, 1.165) is 0 Å². The van der Waals surface area contributed by atoms with Gasteiger partial charge in [0.25, 0.3) is 5.56 Å². The van der Waals surface area contributed by atoms with Gasteiger partial charge in [-0.2, -0.15) is 5.10 Å². The Labute approximate surface area is 110 Å². The molecule has 2 heterocycles. The lowest BCUT2D eigenvalue weighted by atomic mass is 10.5. The number of aromatic nitrogens is 3. The molecule has 0 amide bonds. The summed E-state index contributed by atoms with van der Waals surface area (Å²) in [7, 11) is -2.94. The van der Waals surface area contributed by atoms with E-state index in [2.05, 4.69) is 10.4 Å². The first-order chi connectivity index (χ1) is 8.97. The van der Waals surface area contributed by atoms with Crippen LogP contribution in [0.2, 0.25) is 0 Å². The normalized spacial score (nSPS) is 12.1. The van der Waals surface area contributed by atoms with Gasteiger partial charge in [-0.25, -0.2) is 12.9 Å². The summed E-state index contributed by atoms with van der Waals surface area (Å²) >= 11 is 0. The van der Waals surface area contributed by atoms with Crippen LogP contribution in [0.15, 0.2) is 29.5 Å². The summed E-state index contributed by atoms with van der Waals surface area (Å²) in [6.07, 6.45) is 6.16. The Morgan fingerprint density at radius 1 is 1.32 bits per heavy atom. The average Bonchev–Trinajstić information content (AvgIpc) is 2.79. The zero-order valence-electron chi connectivity index (χ0n) is 10.6. The minimum absolute atomic E-state index is 0.101. The first-order valence-electron chi connectivity index (χ1n) is 5.88. The maximum Gasteiger partial charge on any atom is 0.276 e. The second-order valence-electron chi connectivity index (χ2n) is 4.34. The molecule has 0 aliphatic rings. The quantitative estimate of drug-likeness (QED) is 0.697. The van der Waals surface area contributed by atoms with Crippen LogP contribution in [0.25, 0.3) is 5.52 Å². The molecule has 0 aromatic carbocycles. The maximum absolute atomic E-state index is 12.0. The monoisotopic (exact) mass is 284 g/mol. The van der Waals surface area contributed by atoms with Crippen molar-refractivity contribution >= 4 is 15.4 Å². The van der Waals surface area contributed by atoms with Crippen molar-refractivity contribution in [3.63, 3.8) is 0 Å². The molecule has 19 heavy (non-hydrogen) atoms. The van der Waals surface area contributed by atoms with Crippen molar-refractivity contribution in [1.29, 1.82) is 0 Å². The van der Waals surface area contributed by atoms with Gasteiger partial charge in [0, 0.05) is 38.3 Å². The van der Waals surface area contributed by atoms with Gasteiger partial charge in [0.15, 0.2) is 0 Å². The van der Waals surface area contributed by atoms with E-state index in [1.165, 1.54) is 10.8 Å². The van der Waals surface area contributed by atoms with E-state index < -0.39 is 9.84 Å². The van der Waals surface area contributed by atoms with Crippen LogP contribution in [-0.4, -0.2) is 47.7 Å². The molecule has 0 spiro atoms. The van der Waals surface area contributed by atoms with Crippen LogP contribution >= 0.6 is 0 Å². The predicted octanol–water partition coefficient (Wildman–Crippen LogP) is -0.870. The first-order valence-corrected chi connectivity index (χ1v) is 7.95. The predicted molar refractivity (Wildman–Crippen MR) is 72.0 cm³/mol. The lowest BCUT2D eigenvalue weighted by molar-refractivity contribution is 0.580. The van der Waals surface area contributed by atoms with Gasteiger partial charge >= 0.3 is 0 Å². The van der Waals surface area contributed by atoms with E-state index in [1.54, 1.807) is 29.2 Å². The Morgan fingerprint density at radius 3 is 2.84 bits per heavy atom. The van der Waals surface area contributed by atoms with Crippen LogP contribution < -0.4 is 10.9 Å². The molecule has 0 saturated heterocycles. The maximum atomic E-state index is 12.0. The molecule has 0 unspecified atom stereocenters. The minimum Gasteiger partial charge on any atom is -0.314 e. The molecule has 7 nitrogen and oxygen atoms in total. The molecule has 0 bridgehead atoms. The van der Waals surface area contributed by atoms with Crippen molar-refractivity contribution in [3.8, 4) is 0 Å². The molecule has 0 aliphatic heterocycles. The number of nitrogens with zero attached hydrogens (tertiary/aromatic N) is 3. The number of sulfone groups is 1. The van der Waals surface area contributed by atoms with E-state index in [0.29, 0.717) is 25.2 Å². The van der Waals surface area contributed by atoms with Crippen LogP contribution in [0, 0.1) is 0 Å². The molecular weight excluding hydrogens is 268 g/mol. The van der Waals surface area contributed by atoms with Crippen molar-refractivity contribution < 1.29 is 8.42 Å². The van der Waals surface area contributed by atoms with Gasteiger partial charge in [-0.1, -0.05) is 0 Å². The summed E-state index contributed by atoms with van der Waals surface area (Å²) < 4.78 is 25.0. The number of rotatable bonds is 6. The van der Waals surface area contributed by atoms with Crippen LogP contribution in [0.4, 0.5) is 0 Å². The molecule has 0 radical (unpaired) electrons. The summed E-state index contributed by atoms with van der Waals surface area (Å²) in [6, 6.07) is 1.66.